The van der Waals surface area contributed by atoms with Gasteiger partial charge in [0.1, 0.15) is 11.6 Å². The first-order chi connectivity index (χ1) is 21.6. The first-order valence-electron chi connectivity index (χ1n) is 16.1. The third-order valence-corrected chi connectivity index (χ3v) is 8.98. The van der Waals surface area contributed by atoms with Crippen molar-refractivity contribution in [3.05, 3.63) is 74.1 Å². The molecule has 0 bridgehead atoms. The monoisotopic (exact) mass is 696 g/mol. The Morgan fingerprint density at radius 1 is 0.578 bits per heavy atom. The standard InChI is InChI=1S/C35H48Cl4N4O2/c1-3-28-42(30-22-16-20-26-40-30)32(44)34(36,37)24-18-14-12-10-8-6-5-7-9-11-13-15-19-25-35(38,39)33(45)43(29-4-2)31-23-17-21-27-41-31/h3-4,16-17,20-23,26-27H,1-2,5-15,18-19,24-25,28-29H2. The van der Waals surface area contributed by atoms with E-state index in [1.165, 1.54) is 54.7 Å². The Hall–Kier alpha value is -2.12. The molecule has 2 heterocycles. The van der Waals surface area contributed by atoms with Gasteiger partial charge in [-0.15, -0.1) is 13.2 Å². The largest absolute Gasteiger partial charge is 0.290 e. The van der Waals surface area contributed by atoms with Gasteiger partial charge in [-0.3, -0.25) is 19.4 Å². The number of nitrogens with zero attached hydrogens (tertiary/aromatic N) is 4. The van der Waals surface area contributed by atoms with Crippen LogP contribution in [0.1, 0.15) is 96.3 Å². The molecule has 0 saturated carbocycles. The summed E-state index contributed by atoms with van der Waals surface area (Å²) in [6.07, 6.45) is 21.6. The molecule has 0 aliphatic carbocycles. The Kier molecular flexibility index (Phi) is 18.8. The van der Waals surface area contributed by atoms with E-state index >= 15 is 0 Å². The maximum atomic E-state index is 13.0. The average molecular weight is 699 g/mol. The van der Waals surface area contributed by atoms with E-state index in [4.69, 9.17) is 46.4 Å². The lowest BCUT2D eigenvalue weighted by molar-refractivity contribution is -0.120. The summed E-state index contributed by atoms with van der Waals surface area (Å²) in [7, 11) is 0. The molecule has 0 saturated heterocycles. The van der Waals surface area contributed by atoms with Gasteiger partial charge in [-0.1, -0.05) is 141 Å². The molecule has 0 fully saturated rings. The summed E-state index contributed by atoms with van der Waals surface area (Å²) in [5, 5.41) is 0. The highest BCUT2D eigenvalue weighted by molar-refractivity contribution is 6.59. The fourth-order valence-electron chi connectivity index (χ4n) is 5.09. The van der Waals surface area contributed by atoms with Crippen molar-refractivity contribution in [2.45, 2.75) is 105 Å². The van der Waals surface area contributed by atoms with Crippen LogP contribution in [0.3, 0.4) is 0 Å². The molecule has 0 aliphatic rings. The number of halogens is 4. The lowest BCUT2D eigenvalue weighted by Crippen LogP contribution is -2.43. The minimum atomic E-state index is -1.48. The second kappa shape index (κ2) is 21.6. The molecule has 0 spiro atoms. The number of hydrogen-bond donors (Lipinski definition) is 0. The molecule has 6 nitrogen and oxygen atoms in total. The summed E-state index contributed by atoms with van der Waals surface area (Å²) < 4.78 is -2.97. The molecule has 0 radical (unpaired) electrons. The van der Waals surface area contributed by atoms with Crippen LogP contribution >= 0.6 is 46.4 Å². The van der Waals surface area contributed by atoms with Gasteiger partial charge in [0, 0.05) is 25.5 Å². The Morgan fingerprint density at radius 3 is 1.16 bits per heavy atom. The zero-order valence-electron chi connectivity index (χ0n) is 26.3. The summed E-state index contributed by atoms with van der Waals surface area (Å²) in [5.41, 5.74) is 0. The summed E-state index contributed by atoms with van der Waals surface area (Å²) in [5.74, 6) is 0.300. The van der Waals surface area contributed by atoms with Gasteiger partial charge in [-0.2, -0.15) is 0 Å². The molecule has 45 heavy (non-hydrogen) atoms. The molecule has 248 valence electrons. The van der Waals surface area contributed by atoms with Gasteiger partial charge < -0.3 is 0 Å². The van der Waals surface area contributed by atoms with Crippen LogP contribution in [0.5, 0.6) is 0 Å². The van der Waals surface area contributed by atoms with Gasteiger partial charge in [-0.25, -0.2) is 9.97 Å². The second-order valence-electron chi connectivity index (χ2n) is 11.3. The first-order valence-corrected chi connectivity index (χ1v) is 17.6. The molecule has 10 heteroatoms. The molecule has 0 aliphatic heterocycles. The van der Waals surface area contributed by atoms with Crippen LogP contribution in [0.15, 0.2) is 74.1 Å². The van der Waals surface area contributed by atoms with Gasteiger partial charge in [0.05, 0.1) is 0 Å². The number of carbonyl (C=O) groups excluding carboxylic acids is 2. The third-order valence-electron chi connectivity index (χ3n) is 7.57. The van der Waals surface area contributed by atoms with Gasteiger partial charge in [0.15, 0.2) is 8.67 Å². The third kappa shape index (κ3) is 14.5. The number of anilines is 2. The van der Waals surface area contributed by atoms with Gasteiger partial charge in [0.2, 0.25) is 0 Å². The van der Waals surface area contributed by atoms with Crippen LogP contribution in [-0.2, 0) is 9.59 Å². The van der Waals surface area contributed by atoms with Gasteiger partial charge in [-0.05, 0) is 49.9 Å². The summed E-state index contributed by atoms with van der Waals surface area (Å²) in [4.78, 5) is 37.5. The van der Waals surface area contributed by atoms with Crippen LogP contribution in [-0.4, -0.2) is 43.5 Å². The maximum Gasteiger partial charge on any atom is 0.264 e. The Balaban J connectivity index is 1.50. The average Bonchev–Trinajstić information content (AvgIpc) is 3.04. The topological polar surface area (TPSA) is 66.4 Å². The van der Waals surface area contributed by atoms with Crippen molar-refractivity contribution in [1.82, 2.24) is 9.97 Å². The zero-order chi connectivity index (χ0) is 33.0. The van der Waals surface area contributed by atoms with E-state index in [-0.39, 0.29) is 11.8 Å². The van der Waals surface area contributed by atoms with E-state index in [9.17, 15) is 9.59 Å². The quantitative estimate of drug-likeness (QED) is 0.0622. The summed E-state index contributed by atoms with van der Waals surface area (Å²) in [6, 6.07) is 10.7. The lowest BCUT2D eigenvalue weighted by atomic mass is 10.0. The SMILES string of the molecule is C=CCN(C(=O)C(Cl)(Cl)CCCCCCCCCCCCCCCC(Cl)(Cl)C(=O)N(CC=C)c1ccccn1)c1ccccn1. The van der Waals surface area contributed by atoms with Crippen molar-refractivity contribution in [2.24, 2.45) is 0 Å². The van der Waals surface area contributed by atoms with Crippen molar-refractivity contribution in [2.75, 3.05) is 22.9 Å². The number of hydrogen-bond acceptors (Lipinski definition) is 4. The van der Waals surface area contributed by atoms with E-state index in [0.29, 0.717) is 37.6 Å². The van der Waals surface area contributed by atoms with Crippen LogP contribution < -0.4 is 9.80 Å². The van der Waals surface area contributed by atoms with Crippen LogP contribution in [0, 0.1) is 0 Å². The van der Waals surface area contributed by atoms with Crippen molar-refractivity contribution in [3.63, 3.8) is 0 Å². The lowest BCUT2D eigenvalue weighted by Gasteiger charge is -2.27. The second-order valence-corrected chi connectivity index (χ2v) is 14.3. The summed E-state index contributed by atoms with van der Waals surface area (Å²) in [6.45, 7) is 8.06. The molecule has 0 aromatic carbocycles. The van der Waals surface area contributed by atoms with Gasteiger partial charge >= 0.3 is 0 Å². The summed E-state index contributed by atoms with van der Waals surface area (Å²) >= 11 is 25.9. The maximum absolute atomic E-state index is 13.0. The Morgan fingerprint density at radius 2 is 0.889 bits per heavy atom. The van der Waals surface area contributed by atoms with E-state index in [1.807, 2.05) is 12.1 Å². The van der Waals surface area contributed by atoms with E-state index < -0.39 is 8.67 Å². The van der Waals surface area contributed by atoms with Crippen LogP contribution in [0.25, 0.3) is 0 Å². The molecule has 2 rings (SSSR count). The molecule has 2 aromatic heterocycles. The molecule has 0 N–H and O–H groups in total. The van der Waals surface area contributed by atoms with E-state index in [2.05, 4.69) is 23.1 Å². The normalized spacial score (nSPS) is 11.6. The highest BCUT2D eigenvalue weighted by Crippen LogP contribution is 2.33. The van der Waals surface area contributed by atoms with Gasteiger partial charge in [0.25, 0.3) is 11.8 Å². The van der Waals surface area contributed by atoms with E-state index in [0.717, 1.165) is 38.5 Å². The molecule has 2 amide bonds. The Labute approximate surface area is 290 Å². The van der Waals surface area contributed by atoms with Crippen molar-refractivity contribution in [1.29, 1.82) is 0 Å². The molecular weight excluding hydrogens is 650 g/mol. The number of unbranched alkanes of at least 4 members (excludes halogenated alkanes) is 12. The minimum Gasteiger partial charge on any atom is -0.290 e. The Bertz CT molecular complexity index is 1060. The smallest absolute Gasteiger partial charge is 0.264 e. The number of amides is 2. The van der Waals surface area contributed by atoms with Crippen LogP contribution in [0.4, 0.5) is 11.6 Å². The van der Waals surface area contributed by atoms with Crippen LogP contribution in [0.2, 0.25) is 0 Å². The predicted octanol–water partition coefficient (Wildman–Crippen LogP) is 10.4. The molecule has 2 aromatic rings. The molecule has 0 atom stereocenters. The number of alkyl halides is 4. The number of carbonyl (C=O) groups is 2. The highest BCUT2D eigenvalue weighted by atomic mass is 35.5. The molecule has 0 unspecified atom stereocenters. The fraction of sp³-hybridized carbons (Fsp3) is 0.543. The fourth-order valence-corrected chi connectivity index (χ4v) is 6.04. The van der Waals surface area contributed by atoms with E-state index in [1.54, 1.807) is 48.8 Å². The molecular formula is C35H48Cl4N4O2. The predicted molar refractivity (Wildman–Crippen MR) is 192 cm³/mol. The van der Waals surface area contributed by atoms with Crippen molar-refractivity contribution >= 4 is 69.9 Å². The minimum absolute atomic E-state index is 0.297. The van der Waals surface area contributed by atoms with Crippen molar-refractivity contribution in [3.8, 4) is 0 Å². The van der Waals surface area contributed by atoms with Crippen molar-refractivity contribution < 1.29 is 9.59 Å². The number of rotatable bonds is 24. The number of aromatic nitrogens is 2. The highest BCUT2D eigenvalue weighted by Gasteiger charge is 2.38. The number of pyridine rings is 2. The first kappa shape index (κ1) is 39.1. The zero-order valence-corrected chi connectivity index (χ0v) is 29.3.